The zero-order chi connectivity index (χ0) is 43.6. The summed E-state index contributed by atoms with van der Waals surface area (Å²) in [5.74, 6) is -1.67. The van der Waals surface area contributed by atoms with E-state index in [1.165, 1.54) is 4.90 Å². The minimum absolute atomic E-state index is 0.0521. The Kier molecular flexibility index (Phi) is 11.2. The van der Waals surface area contributed by atoms with E-state index in [2.05, 4.69) is 15.2 Å². The highest BCUT2D eigenvalue weighted by atomic mass is 19.4. The summed E-state index contributed by atoms with van der Waals surface area (Å²) in [4.78, 5) is 80.7. The van der Waals surface area contributed by atoms with E-state index in [1.807, 2.05) is 49.2 Å². The summed E-state index contributed by atoms with van der Waals surface area (Å²) in [7, 11) is 1.70. The van der Waals surface area contributed by atoms with Crippen LogP contribution in [0.5, 0.6) is 0 Å². The van der Waals surface area contributed by atoms with Gasteiger partial charge in [-0.2, -0.15) is 13.2 Å². The smallest absolute Gasteiger partial charge is 0.342 e. The first-order valence-corrected chi connectivity index (χ1v) is 21.9. The van der Waals surface area contributed by atoms with Crippen molar-refractivity contribution in [2.24, 2.45) is 10.9 Å². The Labute approximate surface area is 358 Å². The molecule has 62 heavy (non-hydrogen) atoms. The monoisotopic (exact) mass is 851 g/mol. The van der Waals surface area contributed by atoms with E-state index in [0.29, 0.717) is 49.4 Å². The molecule has 12 nitrogen and oxygen atoms in total. The van der Waals surface area contributed by atoms with Gasteiger partial charge in [-0.05, 0) is 128 Å². The lowest BCUT2D eigenvalue weighted by molar-refractivity contribution is -0.155. The van der Waals surface area contributed by atoms with Crippen molar-refractivity contribution in [2.75, 3.05) is 26.7 Å². The summed E-state index contributed by atoms with van der Waals surface area (Å²) in [5, 5.41) is 2.24. The van der Waals surface area contributed by atoms with Gasteiger partial charge < -0.3 is 4.90 Å². The average Bonchev–Trinajstić information content (AvgIpc) is 3.78. The molecule has 5 aliphatic heterocycles. The van der Waals surface area contributed by atoms with Crippen LogP contribution in [0.1, 0.15) is 136 Å². The number of pyridine rings is 1. The number of amides is 5. The Morgan fingerprint density at radius 1 is 0.919 bits per heavy atom. The molecule has 1 aromatic heterocycles. The highest BCUT2D eigenvalue weighted by Crippen LogP contribution is 2.43. The van der Waals surface area contributed by atoms with Gasteiger partial charge in [-0.3, -0.25) is 54.0 Å². The summed E-state index contributed by atoms with van der Waals surface area (Å²) in [6, 6.07) is 9.64. The fourth-order valence-corrected chi connectivity index (χ4v) is 11.1. The van der Waals surface area contributed by atoms with Crippen LogP contribution in [0, 0.1) is 12.8 Å². The van der Waals surface area contributed by atoms with E-state index in [9.17, 15) is 37.1 Å². The quantitative estimate of drug-likeness (QED) is 0.226. The van der Waals surface area contributed by atoms with Crippen molar-refractivity contribution >= 4 is 35.8 Å². The van der Waals surface area contributed by atoms with E-state index < -0.39 is 48.4 Å². The lowest BCUT2D eigenvalue weighted by Gasteiger charge is -2.42. The lowest BCUT2D eigenvalue weighted by Crippen LogP contribution is -2.54. The van der Waals surface area contributed by atoms with Crippen LogP contribution in [0.3, 0.4) is 0 Å². The van der Waals surface area contributed by atoms with Crippen LogP contribution < -0.4 is 5.32 Å². The number of alkyl halides is 3. The first kappa shape index (κ1) is 42.0. The molecule has 2 aromatic carbocycles. The molecule has 9 rings (SSSR count). The number of nitrogens with one attached hydrogen (secondary N) is 1. The number of hydrogen-bond acceptors (Lipinski definition) is 9. The van der Waals surface area contributed by atoms with Crippen molar-refractivity contribution in [1.29, 1.82) is 0 Å². The van der Waals surface area contributed by atoms with Crippen LogP contribution in [0.25, 0.3) is 0 Å². The van der Waals surface area contributed by atoms with Crippen LogP contribution in [-0.4, -0.2) is 111 Å². The molecule has 0 radical (unpaired) electrons. The Morgan fingerprint density at radius 3 is 2.19 bits per heavy atom. The fourth-order valence-electron chi connectivity index (χ4n) is 11.1. The number of nitrogens with zero attached hydrogens (tertiary/aromatic N) is 6. The maximum atomic E-state index is 14.0. The van der Waals surface area contributed by atoms with Crippen LogP contribution >= 0.6 is 0 Å². The number of carbonyl (C=O) groups excluding carboxylic acids is 5. The molecule has 2 saturated heterocycles. The van der Waals surface area contributed by atoms with Crippen molar-refractivity contribution in [1.82, 2.24) is 29.9 Å². The molecule has 1 saturated carbocycles. The average molecular weight is 852 g/mol. The summed E-state index contributed by atoms with van der Waals surface area (Å²) in [5.41, 5.74) is 8.06. The van der Waals surface area contributed by atoms with Gasteiger partial charge in [-0.1, -0.05) is 18.2 Å². The van der Waals surface area contributed by atoms with Gasteiger partial charge in [0.2, 0.25) is 17.7 Å². The topological polar surface area (TPSA) is 136 Å². The van der Waals surface area contributed by atoms with Crippen LogP contribution in [0.2, 0.25) is 0 Å². The van der Waals surface area contributed by atoms with Gasteiger partial charge >= 0.3 is 6.18 Å². The number of likely N-dealkylation sites (tertiary alicyclic amines) is 1. The number of piperidine rings is 2. The molecule has 326 valence electrons. The van der Waals surface area contributed by atoms with Gasteiger partial charge in [0.05, 0.1) is 29.4 Å². The molecule has 6 heterocycles. The Hall–Kier alpha value is -5.28. The van der Waals surface area contributed by atoms with E-state index >= 15 is 0 Å². The molecule has 3 atom stereocenters. The molecule has 3 aromatic rings. The zero-order valence-corrected chi connectivity index (χ0v) is 35.3. The van der Waals surface area contributed by atoms with Gasteiger partial charge in [0, 0.05) is 70.1 Å². The number of halogens is 3. The Bertz CT molecular complexity index is 2310. The summed E-state index contributed by atoms with van der Waals surface area (Å²) in [6.45, 7) is 5.41. The van der Waals surface area contributed by atoms with Crippen molar-refractivity contribution in [2.45, 2.75) is 121 Å². The van der Waals surface area contributed by atoms with Gasteiger partial charge in [-0.15, -0.1) is 0 Å². The fraction of sp³-hybridized carbons (Fsp3) is 0.511. The molecule has 2 unspecified atom stereocenters. The number of hydrogen-bond donors (Lipinski definition) is 1. The van der Waals surface area contributed by atoms with Crippen molar-refractivity contribution < 1.29 is 37.1 Å². The number of aryl methyl sites for hydroxylation is 1. The van der Waals surface area contributed by atoms with E-state index in [0.717, 1.165) is 82.4 Å². The lowest BCUT2D eigenvalue weighted by atomic mass is 9.78. The molecule has 1 N–H and O–H groups in total. The predicted octanol–water partition coefficient (Wildman–Crippen LogP) is 6.02. The standard InChI is InChI=1S/C47H52F3N7O5/c1-26-4-10-34-35(38(26)22-51-3)18-27(2)56(25-47(48,49)50)42(34)39-11-9-30(21-52-39)28-5-7-29(8-6-28)44(60)54-16-14-33(15-17-54)55-23-31-19-36-37(20-32(31)24-55)46(62)57(45(36)61)40-12-13-41(58)53-43(40)59/h4,9-11,19-22,27-29,33,40,42H,5-8,12-18,23-25H2,1-3H3,(H,53,58,59)/t27-,28?,29?,40?,42?/m1/s1. The maximum Gasteiger partial charge on any atom is 0.401 e. The second kappa shape index (κ2) is 16.4. The largest absolute Gasteiger partial charge is 0.401 e. The molecule has 5 amide bonds. The maximum absolute atomic E-state index is 14.0. The van der Waals surface area contributed by atoms with Crippen molar-refractivity contribution in [3.8, 4) is 0 Å². The second-order valence-electron chi connectivity index (χ2n) is 18.1. The minimum Gasteiger partial charge on any atom is -0.342 e. The number of carbonyl (C=O) groups is 5. The normalized spacial score (nSPS) is 26.3. The Morgan fingerprint density at radius 2 is 1.60 bits per heavy atom. The minimum atomic E-state index is -4.36. The molecular formula is C47H52F3N7O5. The SMILES string of the molecule is CN=Cc1c(C)ccc2c1C[C@@H](C)N(CC(F)(F)F)C2c1ccc(C2CCC(C(=O)N3CCC(N4Cc5cc6c(cc5C4)C(=O)N(C4CCC(=O)NC4=O)C6=O)CC3)CC2)cn1. The van der Waals surface area contributed by atoms with Crippen molar-refractivity contribution in [3.63, 3.8) is 0 Å². The molecule has 0 bridgehead atoms. The zero-order valence-electron chi connectivity index (χ0n) is 35.3. The number of rotatable bonds is 7. The molecule has 6 aliphatic rings. The second-order valence-corrected chi connectivity index (χ2v) is 18.1. The van der Waals surface area contributed by atoms with Crippen LogP contribution in [0.15, 0.2) is 47.6 Å². The van der Waals surface area contributed by atoms with Crippen molar-refractivity contribution in [3.05, 3.63) is 98.4 Å². The summed E-state index contributed by atoms with van der Waals surface area (Å²) < 4.78 is 41.9. The van der Waals surface area contributed by atoms with Gasteiger partial charge in [0.15, 0.2) is 0 Å². The third kappa shape index (κ3) is 7.75. The summed E-state index contributed by atoms with van der Waals surface area (Å²) >= 11 is 0. The molecular weight excluding hydrogens is 800 g/mol. The third-order valence-electron chi connectivity index (χ3n) is 14.4. The molecule has 0 spiro atoms. The van der Waals surface area contributed by atoms with Crippen LogP contribution in [-0.2, 0) is 33.9 Å². The van der Waals surface area contributed by atoms with Gasteiger partial charge in [0.1, 0.15) is 6.04 Å². The molecule has 3 fully saturated rings. The predicted molar refractivity (Wildman–Crippen MR) is 223 cm³/mol. The van der Waals surface area contributed by atoms with Gasteiger partial charge in [-0.25, -0.2) is 0 Å². The van der Waals surface area contributed by atoms with E-state index in [4.69, 9.17) is 4.98 Å². The Balaban J connectivity index is 0.793. The van der Waals surface area contributed by atoms with E-state index in [1.54, 1.807) is 25.4 Å². The third-order valence-corrected chi connectivity index (χ3v) is 14.4. The van der Waals surface area contributed by atoms with E-state index in [-0.39, 0.29) is 42.7 Å². The number of fused-ring (bicyclic) bond motifs is 3. The highest BCUT2D eigenvalue weighted by molar-refractivity contribution is 6.23. The number of benzene rings is 2. The number of aromatic nitrogens is 1. The molecule has 15 heteroatoms. The number of aliphatic imine (C=N–C) groups is 1. The van der Waals surface area contributed by atoms with Gasteiger partial charge in [0.25, 0.3) is 11.8 Å². The summed E-state index contributed by atoms with van der Waals surface area (Å²) in [6.07, 6.45) is 4.80. The number of imide groups is 2. The van der Waals surface area contributed by atoms with Crippen LogP contribution in [0.4, 0.5) is 13.2 Å². The highest BCUT2D eigenvalue weighted by Gasteiger charge is 2.46. The first-order valence-electron chi connectivity index (χ1n) is 21.9. The molecule has 1 aliphatic carbocycles. The first-order chi connectivity index (χ1) is 29.7.